The lowest BCUT2D eigenvalue weighted by molar-refractivity contribution is 0.377. The van der Waals surface area contributed by atoms with Crippen molar-refractivity contribution in [1.29, 1.82) is 0 Å². The topological polar surface area (TPSA) is 55.0 Å². The average molecular weight is 220 g/mol. The zero-order valence-corrected chi connectivity index (χ0v) is 9.89. The van der Waals surface area contributed by atoms with Crippen molar-refractivity contribution in [3.63, 3.8) is 0 Å². The van der Waals surface area contributed by atoms with Gasteiger partial charge in [-0.15, -0.1) is 0 Å². The third-order valence-corrected chi connectivity index (χ3v) is 3.29. The smallest absolute Gasteiger partial charge is 0.147 e. The van der Waals surface area contributed by atoms with E-state index in [4.69, 9.17) is 5.73 Å². The molecule has 88 valence electrons. The minimum Gasteiger partial charge on any atom is -0.382 e. The summed E-state index contributed by atoms with van der Waals surface area (Å²) in [5.41, 5.74) is 5.53. The van der Waals surface area contributed by atoms with Crippen molar-refractivity contribution in [3.8, 4) is 0 Å². The van der Waals surface area contributed by atoms with Crippen molar-refractivity contribution in [2.45, 2.75) is 32.6 Å². The Bertz CT molecular complexity index is 314. The van der Waals surface area contributed by atoms with Gasteiger partial charge in [-0.25, -0.2) is 9.97 Å². The molecule has 1 fully saturated rings. The summed E-state index contributed by atoms with van der Waals surface area (Å²) in [6.45, 7) is 4.46. The van der Waals surface area contributed by atoms with Crippen LogP contribution in [0.1, 0.15) is 32.6 Å². The summed E-state index contributed by atoms with van der Waals surface area (Å²) in [5.74, 6) is 2.36. The van der Waals surface area contributed by atoms with E-state index < -0.39 is 0 Å². The van der Waals surface area contributed by atoms with E-state index in [1.807, 2.05) is 0 Å². The summed E-state index contributed by atoms with van der Waals surface area (Å²) >= 11 is 0. The maximum atomic E-state index is 5.53. The molecule has 4 heteroatoms. The minimum absolute atomic E-state index is 0.490. The van der Waals surface area contributed by atoms with Gasteiger partial charge in [0, 0.05) is 13.1 Å². The Morgan fingerprint density at radius 1 is 1.31 bits per heavy atom. The summed E-state index contributed by atoms with van der Waals surface area (Å²) in [5, 5.41) is 0. The Hall–Kier alpha value is -1.32. The Labute approximate surface area is 96.9 Å². The molecule has 2 rings (SSSR count). The molecule has 2 N–H and O–H groups in total. The van der Waals surface area contributed by atoms with E-state index in [0.29, 0.717) is 5.82 Å². The first-order valence-electron chi connectivity index (χ1n) is 6.12. The fraction of sp³-hybridized carbons (Fsp3) is 0.667. The first-order chi connectivity index (χ1) is 7.79. The molecule has 1 aliphatic heterocycles. The van der Waals surface area contributed by atoms with Crippen molar-refractivity contribution in [3.05, 3.63) is 12.4 Å². The molecule has 0 radical (unpaired) electrons. The van der Waals surface area contributed by atoms with E-state index in [2.05, 4.69) is 21.8 Å². The van der Waals surface area contributed by atoms with E-state index in [1.54, 1.807) is 12.4 Å². The van der Waals surface area contributed by atoms with Crippen LogP contribution >= 0.6 is 0 Å². The van der Waals surface area contributed by atoms with Crippen LogP contribution in [0, 0.1) is 5.92 Å². The summed E-state index contributed by atoms with van der Waals surface area (Å²) < 4.78 is 0. The number of nitrogens with two attached hydrogens (primary N) is 1. The molecule has 4 nitrogen and oxygen atoms in total. The van der Waals surface area contributed by atoms with Crippen molar-refractivity contribution < 1.29 is 0 Å². The molecule has 0 unspecified atom stereocenters. The first-order valence-corrected chi connectivity index (χ1v) is 6.12. The van der Waals surface area contributed by atoms with Crippen LogP contribution in [-0.4, -0.2) is 23.1 Å². The average Bonchev–Trinajstić information content (AvgIpc) is 2.32. The molecule has 1 aliphatic rings. The lowest BCUT2D eigenvalue weighted by atomic mass is 9.92. The fourth-order valence-electron chi connectivity index (χ4n) is 2.35. The normalized spacial score (nSPS) is 17.7. The van der Waals surface area contributed by atoms with Crippen LogP contribution in [-0.2, 0) is 0 Å². The number of anilines is 2. The summed E-state index contributed by atoms with van der Waals surface area (Å²) in [7, 11) is 0. The van der Waals surface area contributed by atoms with Gasteiger partial charge in [-0.1, -0.05) is 19.8 Å². The molecule has 0 saturated carbocycles. The predicted octanol–water partition coefficient (Wildman–Crippen LogP) is 2.08. The van der Waals surface area contributed by atoms with Gasteiger partial charge in [0.2, 0.25) is 0 Å². The summed E-state index contributed by atoms with van der Waals surface area (Å²) in [6.07, 6.45) is 8.62. The van der Waals surface area contributed by atoms with Crippen LogP contribution in [0.3, 0.4) is 0 Å². The standard InChI is InChI=1S/C12H20N4/c1-2-3-10-4-6-16(7-5-10)12-9-14-11(13)8-15-12/h8-10H,2-7H2,1H3,(H2,13,14). The molecule has 0 aliphatic carbocycles. The molecule has 1 saturated heterocycles. The fourth-order valence-corrected chi connectivity index (χ4v) is 2.35. The van der Waals surface area contributed by atoms with Gasteiger partial charge in [-0.05, 0) is 18.8 Å². The zero-order chi connectivity index (χ0) is 11.4. The van der Waals surface area contributed by atoms with E-state index in [-0.39, 0.29) is 0 Å². The van der Waals surface area contributed by atoms with Crippen LogP contribution in [0.15, 0.2) is 12.4 Å². The van der Waals surface area contributed by atoms with Crippen LogP contribution < -0.4 is 10.6 Å². The molecule has 0 spiro atoms. The zero-order valence-electron chi connectivity index (χ0n) is 9.89. The van der Waals surface area contributed by atoms with Crippen molar-refractivity contribution >= 4 is 11.6 Å². The van der Waals surface area contributed by atoms with E-state index in [0.717, 1.165) is 24.8 Å². The maximum absolute atomic E-state index is 5.53. The van der Waals surface area contributed by atoms with E-state index in [1.165, 1.54) is 25.7 Å². The van der Waals surface area contributed by atoms with Crippen LogP contribution in [0.4, 0.5) is 11.6 Å². The number of rotatable bonds is 3. The van der Waals surface area contributed by atoms with Gasteiger partial charge >= 0.3 is 0 Å². The lowest BCUT2D eigenvalue weighted by Gasteiger charge is -2.32. The number of nitrogens with zero attached hydrogens (tertiary/aromatic N) is 3. The molecular formula is C12H20N4. The number of hydrogen-bond acceptors (Lipinski definition) is 4. The minimum atomic E-state index is 0.490. The van der Waals surface area contributed by atoms with Gasteiger partial charge < -0.3 is 10.6 Å². The Morgan fingerprint density at radius 2 is 2.06 bits per heavy atom. The molecule has 0 amide bonds. The van der Waals surface area contributed by atoms with E-state index >= 15 is 0 Å². The van der Waals surface area contributed by atoms with Gasteiger partial charge in [0.25, 0.3) is 0 Å². The second-order valence-corrected chi connectivity index (χ2v) is 4.52. The lowest BCUT2D eigenvalue weighted by Crippen LogP contribution is -2.34. The second kappa shape index (κ2) is 5.14. The molecular weight excluding hydrogens is 200 g/mol. The Kier molecular flexibility index (Phi) is 3.59. The Balaban J connectivity index is 1.91. The molecule has 1 aromatic rings. The highest BCUT2D eigenvalue weighted by molar-refractivity contribution is 5.39. The third kappa shape index (κ3) is 2.62. The second-order valence-electron chi connectivity index (χ2n) is 4.52. The van der Waals surface area contributed by atoms with Crippen molar-refractivity contribution in [2.75, 3.05) is 23.7 Å². The molecule has 0 bridgehead atoms. The molecule has 16 heavy (non-hydrogen) atoms. The van der Waals surface area contributed by atoms with Crippen molar-refractivity contribution in [1.82, 2.24) is 9.97 Å². The number of piperidine rings is 1. The van der Waals surface area contributed by atoms with Gasteiger partial charge in [0.15, 0.2) is 0 Å². The highest BCUT2D eigenvalue weighted by Crippen LogP contribution is 2.24. The molecule has 2 heterocycles. The van der Waals surface area contributed by atoms with Gasteiger partial charge in [-0.2, -0.15) is 0 Å². The van der Waals surface area contributed by atoms with Crippen LogP contribution in [0.2, 0.25) is 0 Å². The molecule has 1 aromatic heterocycles. The number of aromatic nitrogens is 2. The summed E-state index contributed by atoms with van der Waals surface area (Å²) in [4.78, 5) is 10.7. The highest BCUT2D eigenvalue weighted by Gasteiger charge is 2.19. The largest absolute Gasteiger partial charge is 0.382 e. The molecule has 0 atom stereocenters. The van der Waals surface area contributed by atoms with Crippen LogP contribution in [0.5, 0.6) is 0 Å². The number of hydrogen-bond donors (Lipinski definition) is 1. The highest BCUT2D eigenvalue weighted by atomic mass is 15.2. The van der Waals surface area contributed by atoms with E-state index in [9.17, 15) is 0 Å². The predicted molar refractivity (Wildman–Crippen MR) is 66.3 cm³/mol. The quantitative estimate of drug-likeness (QED) is 0.847. The Morgan fingerprint density at radius 3 is 2.62 bits per heavy atom. The van der Waals surface area contributed by atoms with Crippen LogP contribution in [0.25, 0.3) is 0 Å². The number of nitrogen functional groups attached to an aromatic ring is 1. The van der Waals surface area contributed by atoms with Gasteiger partial charge in [0.05, 0.1) is 12.4 Å². The summed E-state index contributed by atoms with van der Waals surface area (Å²) in [6, 6.07) is 0. The SMILES string of the molecule is CCCC1CCN(c2cnc(N)cn2)CC1. The third-order valence-electron chi connectivity index (χ3n) is 3.29. The first kappa shape index (κ1) is 11.2. The van der Waals surface area contributed by atoms with Crippen molar-refractivity contribution in [2.24, 2.45) is 5.92 Å². The monoisotopic (exact) mass is 220 g/mol. The molecule has 0 aromatic carbocycles. The van der Waals surface area contributed by atoms with Gasteiger partial charge in [0.1, 0.15) is 11.6 Å². The maximum Gasteiger partial charge on any atom is 0.147 e. The van der Waals surface area contributed by atoms with Gasteiger partial charge in [-0.3, -0.25) is 0 Å².